The Kier molecular flexibility index (Phi) is 2.80. The van der Waals surface area contributed by atoms with Gasteiger partial charge < -0.3 is 14.0 Å². The molecule has 0 bridgehead atoms. The molecule has 0 unspecified atom stereocenters. The van der Waals surface area contributed by atoms with Crippen LogP contribution in [0.25, 0.3) is 11.2 Å². The molecule has 0 amide bonds. The van der Waals surface area contributed by atoms with Crippen molar-refractivity contribution in [3.05, 3.63) is 11.6 Å². The van der Waals surface area contributed by atoms with Crippen LogP contribution in [0, 0.1) is 0 Å². The van der Waals surface area contributed by atoms with Crippen molar-refractivity contribution >= 4 is 22.8 Å². The van der Waals surface area contributed by atoms with Gasteiger partial charge in [-0.05, 0) is 11.6 Å². The monoisotopic (exact) mass is 301 g/mol. The Morgan fingerprint density at radius 1 is 1.55 bits per heavy atom. The van der Waals surface area contributed by atoms with Crippen molar-refractivity contribution in [3.63, 3.8) is 0 Å². The standard InChI is InChI=1S/C12H16ClN5O2/c1-19-11-9-10(15-12(13)16-11)14-8-18(9)3-2-17-4-6-20-7-5-17/h8H,2-7H2,1H3/i2D2,6D2. The van der Waals surface area contributed by atoms with Crippen LogP contribution in [0.1, 0.15) is 5.48 Å². The van der Waals surface area contributed by atoms with Gasteiger partial charge in [-0.3, -0.25) is 4.90 Å². The van der Waals surface area contributed by atoms with E-state index in [-0.39, 0.29) is 30.9 Å². The number of fused-ring (bicyclic) bond motifs is 1. The first-order chi connectivity index (χ1) is 11.2. The van der Waals surface area contributed by atoms with Gasteiger partial charge in [0.1, 0.15) is 0 Å². The van der Waals surface area contributed by atoms with Crippen molar-refractivity contribution in [2.24, 2.45) is 0 Å². The smallest absolute Gasteiger partial charge is 0.244 e. The van der Waals surface area contributed by atoms with Gasteiger partial charge in [0, 0.05) is 28.9 Å². The fourth-order valence-corrected chi connectivity index (χ4v) is 2.08. The van der Waals surface area contributed by atoms with E-state index in [0.29, 0.717) is 17.7 Å². The lowest BCUT2D eigenvalue weighted by Gasteiger charge is -2.26. The molecule has 7 nitrogen and oxygen atoms in total. The Bertz CT molecular complexity index is 756. The molecule has 3 rings (SSSR count). The molecule has 1 saturated heterocycles. The van der Waals surface area contributed by atoms with E-state index in [4.69, 9.17) is 26.6 Å². The lowest BCUT2D eigenvalue weighted by molar-refractivity contribution is 0.0365. The van der Waals surface area contributed by atoms with E-state index in [1.807, 2.05) is 0 Å². The highest BCUT2D eigenvalue weighted by molar-refractivity contribution is 6.28. The second-order valence-electron chi connectivity index (χ2n) is 4.12. The average Bonchev–Trinajstić information content (AvgIpc) is 2.87. The second-order valence-corrected chi connectivity index (χ2v) is 4.46. The summed E-state index contributed by atoms with van der Waals surface area (Å²) in [6.45, 7) is -3.54. The van der Waals surface area contributed by atoms with Gasteiger partial charge in [0.25, 0.3) is 0 Å². The van der Waals surface area contributed by atoms with E-state index in [9.17, 15) is 0 Å². The number of methoxy groups -OCH3 is 1. The summed E-state index contributed by atoms with van der Waals surface area (Å²) in [6.07, 6.45) is 1.44. The average molecular weight is 302 g/mol. The van der Waals surface area contributed by atoms with E-state index in [1.54, 1.807) is 0 Å². The third-order valence-electron chi connectivity index (χ3n) is 2.89. The zero-order chi connectivity index (χ0) is 17.5. The lowest BCUT2D eigenvalue weighted by Crippen LogP contribution is -2.38. The molecule has 1 aliphatic rings. The van der Waals surface area contributed by atoms with Crippen molar-refractivity contribution in [3.8, 4) is 5.88 Å². The van der Waals surface area contributed by atoms with Crippen molar-refractivity contribution in [1.29, 1.82) is 0 Å². The van der Waals surface area contributed by atoms with Gasteiger partial charge in [0.2, 0.25) is 11.2 Å². The van der Waals surface area contributed by atoms with Gasteiger partial charge in [-0.25, -0.2) is 4.98 Å². The minimum atomic E-state index is -1.88. The Morgan fingerprint density at radius 3 is 3.25 bits per heavy atom. The van der Waals surface area contributed by atoms with Gasteiger partial charge in [-0.15, -0.1) is 0 Å². The van der Waals surface area contributed by atoms with Gasteiger partial charge in [0.15, 0.2) is 11.2 Å². The molecule has 1 aliphatic heterocycles. The van der Waals surface area contributed by atoms with Crippen LogP contribution in [-0.2, 0) is 11.3 Å². The third kappa shape index (κ3) is 2.70. The van der Waals surface area contributed by atoms with Crippen molar-refractivity contribution in [2.45, 2.75) is 6.54 Å². The third-order valence-corrected chi connectivity index (χ3v) is 3.06. The summed E-state index contributed by atoms with van der Waals surface area (Å²) < 4.78 is 43.7. The molecule has 20 heavy (non-hydrogen) atoms. The van der Waals surface area contributed by atoms with E-state index < -0.39 is 13.1 Å². The highest BCUT2D eigenvalue weighted by Crippen LogP contribution is 2.23. The molecular formula is C12H16ClN5O2. The molecule has 2 aromatic heterocycles. The number of imidazole rings is 1. The maximum Gasteiger partial charge on any atom is 0.244 e. The number of hydrogen-bond donors (Lipinski definition) is 0. The van der Waals surface area contributed by atoms with Gasteiger partial charge in [0.05, 0.1) is 29.3 Å². The van der Waals surface area contributed by atoms with Crippen molar-refractivity contribution in [2.75, 3.05) is 39.9 Å². The first-order valence-electron chi connectivity index (χ1n) is 8.03. The van der Waals surface area contributed by atoms with Crippen LogP contribution >= 0.6 is 11.6 Å². The molecule has 0 radical (unpaired) electrons. The number of morpholine rings is 1. The molecule has 0 atom stereocenters. The van der Waals surface area contributed by atoms with Gasteiger partial charge in [-0.1, -0.05) is 0 Å². The summed E-state index contributed by atoms with van der Waals surface area (Å²) in [5, 5.41) is -0.00557. The molecule has 0 N–H and O–H groups in total. The number of nitrogens with zero attached hydrogens (tertiary/aromatic N) is 5. The number of hydrogen-bond acceptors (Lipinski definition) is 6. The SMILES string of the molecule is [2H]C1([2H])CN(C([2H])([2H])Cn2cnc3nc(Cl)nc(OC)c32)CCO1. The van der Waals surface area contributed by atoms with E-state index >= 15 is 0 Å². The summed E-state index contributed by atoms with van der Waals surface area (Å²) in [5.41, 5.74) is 0.738. The first-order valence-corrected chi connectivity index (χ1v) is 6.41. The van der Waals surface area contributed by atoms with Crippen LogP contribution in [0.5, 0.6) is 5.88 Å². The van der Waals surface area contributed by atoms with Crippen LogP contribution in [0.3, 0.4) is 0 Å². The number of rotatable bonds is 4. The van der Waals surface area contributed by atoms with Crippen molar-refractivity contribution in [1.82, 2.24) is 24.4 Å². The molecule has 0 aliphatic carbocycles. The second kappa shape index (κ2) is 5.90. The topological polar surface area (TPSA) is 65.3 Å². The Morgan fingerprint density at radius 2 is 2.45 bits per heavy atom. The van der Waals surface area contributed by atoms with Gasteiger partial charge >= 0.3 is 0 Å². The molecule has 0 aromatic carbocycles. The molecule has 2 aromatic rings. The summed E-state index contributed by atoms with van der Waals surface area (Å²) in [5.74, 6) is 0.204. The predicted octanol–water partition coefficient (Wildman–Crippen LogP) is 0.821. The Hall–Kier alpha value is -1.44. The van der Waals surface area contributed by atoms with Crippen LogP contribution in [0.15, 0.2) is 6.33 Å². The van der Waals surface area contributed by atoms with Crippen molar-refractivity contribution < 1.29 is 15.0 Å². The lowest BCUT2D eigenvalue weighted by atomic mass is 10.4. The minimum absolute atomic E-state index is 0.00557. The first kappa shape index (κ1) is 9.49. The molecule has 3 heterocycles. The summed E-state index contributed by atoms with van der Waals surface area (Å²) in [4.78, 5) is 13.5. The van der Waals surface area contributed by atoms with Crippen LogP contribution in [-0.4, -0.2) is 64.3 Å². The molecule has 8 heteroatoms. The fourth-order valence-electron chi connectivity index (χ4n) is 1.93. The zero-order valence-corrected chi connectivity index (χ0v) is 11.6. The summed E-state index contributed by atoms with van der Waals surface area (Å²) in [6, 6.07) is 0. The van der Waals surface area contributed by atoms with E-state index in [2.05, 4.69) is 15.0 Å². The highest BCUT2D eigenvalue weighted by atomic mass is 35.5. The molecule has 108 valence electrons. The summed E-state index contributed by atoms with van der Waals surface area (Å²) >= 11 is 5.81. The number of aryl methyl sites for hydroxylation is 1. The maximum absolute atomic E-state index is 8.33. The molecule has 1 fully saturated rings. The van der Waals surface area contributed by atoms with Crippen LogP contribution < -0.4 is 4.74 Å². The highest BCUT2D eigenvalue weighted by Gasteiger charge is 2.15. The fraction of sp³-hybridized carbons (Fsp3) is 0.583. The van der Waals surface area contributed by atoms with Gasteiger partial charge in [-0.2, -0.15) is 9.97 Å². The maximum atomic E-state index is 8.33. The number of aromatic nitrogens is 4. The zero-order valence-electron chi connectivity index (χ0n) is 14.8. The van der Waals surface area contributed by atoms with Crippen LogP contribution in [0.4, 0.5) is 0 Å². The summed E-state index contributed by atoms with van der Waals surface area (Å²) in [7, 11) is 1.43. The Balaban J connectivity index is 1.91. The quantitative estimate of drug-likeness (QED) is 0.779. The normalized spacial score (nSPS) is 22.9. The Labute approximate surface area is 127 Å². The van der Waals surface area contributed by atoms with E-state index in [1.165, 1.54) is 22.9 Å². The molecule has 0 saturated carbocycles. The largest absolute Gasteiger partial charge is 0.479 e. The van der Waals surface area contributed by atoms with E-state index in [0.717, 1.165) is 0 Å². The number of ether oxygens (including phenoxy) is 2. The molecule has 0 spiro atoms. The molecular weight excluding hydrogens is 282 g/mol. The predicted molar refractivity (Wildman–Crippen MR) is 74.1 cm³/mol. The number of halogens is 1. The van der Waals surface area contributed by atoms with Crippen LogP contribution in [0.2, 0.25) is 5.28 Å². The minimum Gasteiger partial charge on any atom is -0.479 e.